The van der Waals surface area contributed by atoms with Gasteiger partial charge in [0.05, 0.1) is 11.5 Å². The number of primary amides is 1. The molecule has 1 fully saturated rings. The summed E-state index contributed by atoms with van der Waals surface area (Å²) in [4.78, 5) is 39.2. The van der Waals surface area contributed by atoms with Crippen LogP contribution in [0.3, 0.4) is 0 Å². The SMILES string of the molecule is CC(=O)O[C@@H]1C(n2nc(C#Cc3cccs3)nc2C(N)=O)OC(CO)[C@@H]1OC(=O)O. The fourth-order valence-electron chi connectivity index (χ4n) is 2.82. The molecule has 0 spiro atoms. The van der Waals surface area contributed by atoms with E-state index in [4.69, 9.17) is 25.1 Å². The average molecular weight is 436 g/mol. The quantitative estimate of drug-likeness (QED) is 0.417. The van der Waals surface area contributed by atoms with Gasteiger partial charge < -0.3 is 30.2 Å². The van der Waals surface area contributed by atoms with Gasteiger partial charge in [-0.05, 0) is 23.3 Å². The Bertz CT molecular complexity index is 1010. The lowest BCUT2D eigenvalue weighted by molar-refractivity contribution is -0.157. The maximum Gasteiger partial charge on any atom is 0.506 e. The van der Waals surface area contributed by atoms with E-state index in [1.807, 2.05) is 11.4 Å². The van der Waals surface area contributed by atoms with E-state index in [9.17, 15) is 19.5 Å². The van der Waals surface area contributed by atoms with Crippen LogP contribution in [-0.4, -0.2) is 67.9 Å². The lowest BCUT2D eigenvalue weighted by Crippen LogP contribution is -2.40. The lowest BCUT2D eigenvalue weighted by Gasteiger charge is -2.22. The molecular weight excluding hydrogens is 420 g/mol. The summed E-state index contributed by atoms with van der Waals surface area (Å²) in [5.74, 6) is 3.33. The maximum atomic E-state index is 11.9. The molecule has 13 heteroatoms. The van der Waals surface area contributed by atoms with Gasteiger partial charge in [-0.1, -0.05) is 6.07 Å². The fourth-order valence-corrected chi connectivity index (χ4v) is 3.39. The summed E-state index contributed by atoms with van der Waals surface area (Å²) < 4.78 is 16.4. The number of carboxylic acid groups (broad SMARTS) is 1. The first-order valence-corrected chi connectivity index (χ1v) is 9.33. The minimum atomic E-state index is -1.67. The summed E-state index contributed by atoms with van der Waals surface area (Å²) >= 11 is 1.39. The van der Waals surface area contributed by atoms with Crippen LogP contribution in [0.1, 0.15) is 34.5 Å². The van der Waals surface area contributed by atoms with Crippen LogP contribution >= 0.6 is 11.3 Å². The van der Waals surface area contributed by atoms with E-state index in [1.54, 1.807) is 6.07 Å². The molecule has 3 rings (SSSR count). The third-order valence-corrected chi connectivity index (χ3v) is 4.70. The van der Waals surface area contributed by atoms with Crippen molar-refractivity contribution in [2.75, 3.05) is 6.61 Å². The number of amides is 1. The van der Waals surface area contributed by atoms with Gasteiger partial charge in [0.2, 0.25) is 11.6 Å². The van der Waals surface area contributed by atoms with E-state index in [2.05, 4.69) is 21.9 Å². The highest BCUT2D eigenvalue weighted by atomic mass is 32.1. The Morgan fingerprint density at radius 3 is 2.67 bits per heavy atom. The lowest BCUT2D eigenvalue weighted by atomic mass is 10.1. The topological polar surface area (TPSA) is 176 Å². The summed E-state index contributed by atoms with van der Waals surface area (Å²) in [6.07, 6.45) is -6.96. The maximum absolute atomic E-state index is 11.9. The number of carbonyl (C=O) groups excluding carboxylic acids is 2. The molecule has 4 N–H and O–H groups in total. The van der Waals surface area contributed by atoms with Crippen molar-refractivity contribution in [3.8, 4) is 11.8 Å². The highest BCUT2D eigenvalue weighted by Gasteiger charge is 2.51. The number of thiophene rings is 1. The second-order valence-corrected chi connectivity index (χ2v) is 6.91. The van der Waals surface area contributed by atoms with Crippen molar-refractivity contribution in [3.63, 3.8) is 0 Å². The van der Waals surface area contributed by atoms with Crippen molar-refractivity contribution in [1.29, 1.82) is 0 Å². The first-order valence-electron chi connectivity index (χ1n) is 8.45. The second kappa shape index (κ2) is 8.91. The van der Waals surface area contributed by atoms with E-state index >= 15 is 0 Å². The molecule has 2 unspecified atom stereocenters. The van der Waals surface area contributed by atoms with Gasteiger partial charge in [0.1, 0.15) is 6.10 Å². The van der Waals surface area contributed by atoms with Crippen LogP contribution in [0.15, 0.2) is 17.5 Å². The molecule has 0 aliphatic carbocycles. The highest BCUT2D eigenvalue weighted by Crippen LogP contribution is 2.34. The largest absolute Gasteiger partial charge is 0.506 e. The van der Waals surface area contributed by atoms with Crippen molar-refractivity contribution in [2.24, 2.45) is 5.73 Å². The van der Waals surface area contributed by atoms with Gasteiger partial charge in [-0.3, -0.25) is 9.59 Å². The molecule has 12 nitrogen and oxygen atoms in total. The molecule has 1 aliphatic heterocycles. The van der Waals surface area contributed by atoms with E-state index in [0.717, 1.165) is 16.5 Å². The Morgan fingerprint density at radius 2 is 2.10 bits per heavy atom. The van der Waals surface area contributed by atoms with Gasteiger partial charge in [-0.25, -0.2) is 9.48 Å². The van der Waals surface area contributed by atoms with E-state index in [1.165, 1.54) is 11.3 Å². The Balaban J connectivity index is 2.01. The number of aromatic nitrogens is 3. The number of ether oxygens (including phenoxy) is 3. The number of aliphatic hydroxyl groups excluding tert-OH is 1. The molecule has 2 aromatic heterocycles. The van der Waals surface area contributed by atoms with E-state index in [0.29, 0.717) is 0 Å². The van der Waals surface area contributed by atoms with Crippen molar-refractivity contribution >= 4 is 29.4 Å². The predicted molar refractivity (Wildman–Crippen MR) is 98.3 cm³/mol. The summed E-state index contributed by atoms with van der Waals surface area (Å²) in [6, 6.07) is 3.59. The number of esters is 1. The van der Waals surface area contributed by atoms with E-state index < -0.39 is 49.2 Å². The minimum absolute atomic E-state index is 0.0643. The number of rotatable bonds is 5. The van der Waals surface area contributed by atoms with Gasteiger partial charge >= 0.3 is 12.1 Å². The third-order valence-electron chi connectivity index (χ3n) is 3.92. The zero-order valence-corrected chi connectivity index (χ0v) is 16.2. The van der Waals surface area contributed by atoms with Crippen LogP contribution in [0, 0.1) is 11.8 Å². The molecule has 4 atom stereocenters. The van der Waals surface area contributed by atoms with Crippen LogP contribution in [0.25, 0.3) is 0 Å². The van der Waals surface area contributed by atoms with Gasteiger partial charge in [-0.15, -0.1) is 16.4 Å². The van der Waals surface area contributed by atoms with Crippen LogP contribution < -0.4 is 5.73 Å². The van der Waals surface area contributed by atoms with Crippen molar-refractivity contribution in [2.45, 2.75) is 31.5 Å². The molecule has 0 saturated carbocycles. The molecule has 1 amide bonds. The van der Waals surface area contributed by atoms with Crippen molar-refractivity contribution < 1.29 is 38.8 Å². The normalized spacial score (nSPS) is 22.7. The van der Waals surface area contributed by atoms with Crippen molar-refractivity contribution in [3.05, 3.63) is 34.0 Å². The number of carbonyl (C=O) groups is 3. The Kier molecular flexibility index (Phi) is 6.31. The van der Waals surface area contributed by atoms with Gasteiger partial charge in [0.25, 0.3) is 5.91 Å². The standard InChI is InChI=1S/C17H16N4O8S/c1-8(23)27-13-12(29-17(25)26)10(7-22)28-16(13)21-15(14(18)24)19-11(20-21)5-4-9-3-2-6-30-9/h2-3,6,10,12-13,16,22H,7H2,1H3,(H2,18,24)(H,25,26)/t10?,12-,13-,16?/m0/s1. The molecule has 0 radical (unpaired) electrons. The Labute approximate surface area is 173 Å². The molecule has 1 saturated heterocycles. The van der Waals surface area contributed by atoms with Gasteiger partial charge in [-0.2, -0.15) is 4.98 Å². The third kappa shape index (κ3) is 4.57. The summed E-state index contributed by atoms with van der Waals surface area (Å²) in [5, 5.41) is 24.4. The summed E-state index contributed by atoms with van der Waals surface area (Å²) in [6.45, 7) is 0.438. The molecule has 3 heterocycles. The molecule has 2 aromatic rings. The van der Waals surface area contributed by atoms with Crippen molar-refractivity contribution in [1.82, 2.24) is 14.8 Å². The minimum Gasteiger partial charge on any atom is -0.454 e. The van der Waals surface area contributed by atoms with Gasteiger partial charge in [0.15, 0.2) is 18.4 Å². The number of hydrogen-bond acceptors (Lipinski definition) is 10. The number of nitrogens with zero attached hydrogens (tertiary/aromatic N) is 3. The fraction of sp³-hybridized carbons (Fsp3) is 0.353. The monoisotopic (exact) mass is 436 g/mol. The highest BCUT2D eigenvalue weighted by molar-refractivity contribution is 7.10. The first kappa shape index (κ1) is 21.2. The zero-order valence-electron chi connectivity index (χ0n) is 15.4. The molecule has 0 bridgehead atoms. The first-order chi connectivity index (χ1) is 14.3. The smallest absolute Gasteiger partial charge is 0.454 e. The van der Waals surface area contributed by atoms with Crippen LogP contribution in [0.5, 0.6) is 0 Å². The van der Waals surface area contributed by atoms with Crippen LogP contribution in [0.2, 0.25) is 0 Å². The molecule has 1 aliphatic rings. The zero-order chi connectivity index (χ0) is 21.8. The summed E-state index contributed by atoms with van der Waals surface area (Å²) in [7, 11) is 0. The number of nitrogens with two attached hydrogens (primary N) is 1. The summed E-state index contributed by atoms with van der Waals surface area (Å²) in [5.41, 5.74) is 5.37. The van der Waals surface area contributed by atoms with Crippen LogP contribution in [-0.2, 0) is 19.0 Å². The van der Waals surface area contributed by atoms with E-state index in [-0.39, 0.29) is 11.6 Å². The molecule has 0 aromatic carbocycles. The second-order valence-electron chi connectivity index (χ2n) is 5.97. The number of hydrogen-bond donors (Lipinski definition) is 3. The Morgan fingerprint density at radius 1 is 1.33 bits per heavy atom. The van der Waals surface area contributed by atoms with Crippen LogP contribution in [0.4, 0.5) is 4.79 Å². The predicted octanol–water partition coefficient (Wildman–Crippen LogP) is -0.277. The number of aliphatic hydroxyl groups is 1. The average Bonchev–Trinajstić information content (AvgIpc) is 3.39. The molecular formula is C17H16N4O8S. The Hall–Kier alpha value is -3.47. The van der Waals surface area contributed by atoms with Gasteiger partial charge in [0, 0.05) is 6.92 Å². The molecule has 158 valence electrons. The molecule has 30 heavy (non-hydrogen) atoms.